The Balaban J connectivity index is 1.50. The fraction of sp³-hybridized carbons (Fsp3) is 0.875. The van der Waals surface area contributed by atoms with Crippen molar-refractivity contribution in [2.75, 3.05) is 44.9 Å². The van der Waals surface area contributed by atoms with E-state index in [1.807, 2.05) is 28.4 Å². The second-order valence-electron chi connectivity index (χ2n) is 6.69. The highest BCUT2D eigenvalue weighted by molar-refractivity contribution is 8.18. The highest BCUT2D eigenvalue weighted by Crippen LogP contribution is 2.50. The van der Waals surface area contributed by atoms with Gasteiger partial charge in [-0.2, -0.15) is 0 Å². The Morgan fingerprint density at radius 2 is 2.00 bits per heavy atom. The molecule has 1 atom stereocenters. The van der Waals surface area contributed by atoms with E-state index in [9.17, 15) is 9.59 Å². The molecule has 1 N–H and O–H groups in total. The van der Waals surface area contributed by atoms with Crippen molar-refractivity contribution in [3.63, 3.8) is 0 Å². The molecule has 0 radical (unpaired) electrons. The van der Waals surface area contributed by atoms with Crippen molar-refractivity contribution in [2.45, 2.75) is 35.8 Å². The number of alkyl carbamates (subject to hydrolysis) is 1. The van der Waals surface area contributed by atoms with Crippen molar-refractivity contribution in [3.05, 3.63) is 0 Å². The van der Waals surface area contributed by atoms with Crippen molar-refractivity contribution >= 4 is 35.5 Å². The first-order valence-corrected chi connectivity index (χ1v) is 10.6. The summed E-state index contributed by atoms with van der Waals surface area (Å²) in [6.07, 6.45) is 3.96. The van der Waals surface area contributed by atoms with Gasteiger partial charge in [0, 0.05) is 13.7 Å². The van der Waals surface area contributed by atoms with Crippen LogP contribution in [0.25, 0.3) is 0 Å². The molecule has 24 heavy (non-hydrogen) atoms. The molecule has 0 aromatic carbocycles. The predicted molar refractivity (Wildman–Crippen MR) is 96.3 cm³/mol. The van der Waals surface area contributed by atoms with Crippen LogP contribution in [0.15, 0.2) is 0 Å². The quantitative estimate of drug-likeness (QED) is 0.766. The zero-order chi connectivity index (χ0) is 17.0. The molecule has 0 unspecified atom stereocenters. The third-order valence-corrected chi connectivity index (χ3v) is 7.96. The number of hydrogen-bond donors (Lipinski definition) is 1. The van der Waals surface area contributed by atoms with E-state index in [1.165, 1.54) is 6.42 Å². The van der Waals surface area contributed by atoms with Gasteiger partial charge in [0.1, 0.15) is 6.54 Å². The Bertz CT molecular complexity index is 467. The zero-order valence-electron chi connectivity index (χ0n) is 14.1. The van der Waals surface area contributed by atoms with Gasteiger partial charge in [-0.3, -0.25) is 4.79 Å². The van der Waals surface area contributed by atoms with E-state index in [4.69, 9.17) is 9.47 Å². The van der Waals surface area contributed by atoms with E-state index in [2.05, 4.69) is 5.32 Å². The van der Waals surface area contributed by atoms with Crippen LogP contribution in [-0.4, -0.2) is 71.9 Å². The highest BCUT2D eigenvalue weighted by Gasteiger charge is 2.47. The summed E-state index contributed by atoms with van der Waals surface area (Å²) in [6.45, 7) is 1.73. The van der Waals surface area contributed by atoms with Gasteiger partial charge in [0.2, 0.25) is 5.91 Å². The summed E-state index contributed by atoms with van der Waals surface area (Å²) in [5.74, 6) is 2.78. The van der Waals surface area contributed by atoms with Gasteiger partial charge in [0.05, 0.1) is 23.3 Å². The van der Waals surface area contributed by atoms with Crippen molar-refractivity contribution in [3.8, 4) is 0 Å². The van der Waals surface area contributed by atoms with Gasteiger partial charge in [-0.05, 0) is 43.1 Å². The second-order valence-corrected chi connectivity index (χ2v) is 9.91. The van der Waals surface area contributed by atoms with Gasteiger partial charge >= 0.3 is 6.09 Å². The lowest BCUT2D eigenvalue weighted by atomic mass is 10.2. The molecule has 2 aliphatic heterocycles. The second kappa shape index (κ2) is 8.19. The van der Waals surface area contributed by atoms with Crippen molar-refractivity contribution in [1.82, 2.24) is 10.2 Å². The molecule has 2 amide bonds. The van der Waals surface area contributed by atoms with Crippen LogP contribution in [0, 0.1) is 5.92 Å². The van der Waals surface area contributed by atoms with E-state index in [0.29, 0.717) is 19.1 Å². The van der Waals surface area contributed by atoms with Crippen LogP contribution >= 0.6 is 23.5 Å². The molecule has 3 rings (SSSR count). The van der Waals surface area contributed by atoms with Crippen LogP contribution in [-0.2, 0) is 14.3 Å². The number of hydrogen-bond acceptors (Lipinski definition) is 6. The molecule has 1 spiro atoms. The van der Waals surface area contributed by atoms with Crippen LogP contribution in [0.4, 0.5) is 4.79 Å². The van der Waals surface area contributed by atoms with Gasteiger partial charge < -0.3 is 19.7 Å². The maximum absolute atomic E-state index is 12.6. The van der Waals surface area contributed by atoms with Crippen LogP contribution in [0.2, 0.25) is 0 Å². The van der Waals surface area contributed by atoms with E-state index in [0.717, 1.165) is 37.3 Å². The van der Waals surface area contributed by atoms with Gasteiger partial charge in [0.15, 0.2) is 0 Å². The molecule has 6 nitrogen and oxygen atoms in total. The van der Waals surface area contributed by atoms with Crippen LogP contribution in [0.1, 0.15) is 25.7 Å². The predicted octanol–water partition coefficient (Wildman–Crippen LogP) is 1.94. The number of amides is 2. The largest absolute Gasteiger partial charge is 0.449 e. The average Bonchev–Trinajstić information content (AvgIpc) is 3.35. The van der Waals surface area contributed by atoms with Gasteiger partial charge in [-0.1, -0.05) is 0 Å². The van der Waals surface area contributed by atoms with Gasteiger partial charge in [-0.25, -0.2) is 4.79 Å². The average molecular weight is 375 g/mol. The summed E-state index contributed by atoms with van der Waals surface area (Å²) < 4.78 is 10.5. The van der Waals surface area contributed by atoms with Crippen LogP contribution in [0.5, 0.6) is 0 Å². The normalized spacial score (nSPS) is 25.7. The highest BCUT2D eigenvalue weighted by atomic mass is 32.2. The molecule has 136 valence electrons. The summed E-state index contributed by atoms with van der Waals surface area (Å²) in [5, 5.41) is 2.59. The number of nitrogens with one attached hydrogen (secondary N) is 1. The zero-order valence-corrected chi connectivity index (χ0v) is 15.8. The maximum Gasteiger partial charge on any atom is 0.407 e. The summed E-state index contributed by atoms with van der Waals surface area (Å²) in [4.78, 5) is 26.1. The number of rotatable bonds is 6. The number of thioether (sulfide) groups is 2. The van der Waals surface area contributed by atoms with E-state index in [-0.39, 0.29) is 22.6 Å². The third kappa shape index (κ3) is 4.73. The molecule has 0 bridgehead atoms. The first kappa shape index (κ1) is 18.2. The minimum absolute atomic E-state index is 0.00483. The monoisotopic (exact) mass is 374 g/mol. The van der Waals surface area contributed by atoms with Crippen molar-refractivity contribution < 1.29 is 19.1 Å². The molecular weight excluding hydrogens is 348 g/mol. The molecule has 1 saturated carbocycles. The molecule has 2 heterocycles. The fourth-order valence-corrected chi connectivity index (χ4v) is 6.58. The van der Waals surface area contributed by atoms with Crippen LogP contribution in [0.3, 0.4) is 0 Å². The van der Waals surface area contributed by atoms with Gasteiger partial charge in [0.25, 0.3) is 0 Å². The van der Waals surface area contributed by atoms with Crippen molar-refractivity contribution in [2.24, 2.45) is 5.92 Å². The number of carbonyl (C=O) groups excluding carboxylic acids is 2. The Kier molecular flexibility index (Phi) is 6.21. The van der Waals surface area contributed by atoms with E-state index < -0.39 is 6.09 Å². The number of nitrogens with zero attached hydrogens (tertiary/aromatic N) is 1. The summed E-state index contributed by atoms with van der Waals surface area (Å²) in [5.41, 5.74) is 0. The Morgan fingerprint density at radius 1 is 1.25 bits per heavy atom. The Morgan fingerprint density at radius 3 is 2.67 bits per heavy atom. The maximum atomic E-state index is 12.6. The first-order valence-electron chi connectivity index (χ1n) is 8.59. The van der Waals surface area contributed by atoms with Crippen molar-refractivity contribution in [1.29, 1.82) is 0 Å². The third-order valence-electron chi connectivity index (χ3n) is 4.63. The molecule has 3 aliphatic rings. The number of carbonyl (C=O) groups is 2. The molecule has 1 aliphatic carbocycles. The van der Waals surface area contributed by atoms with Gasteiger partial charge in [-0.15, -0.1) is 23.5 Å². The van der Waals surface area contributed by atoms with E-state index in [1.54, 1.807) is 7.11 Å². The van der Waals surface area contributed by atoms with Crippen LogP contribution < -0.4 is 5.32 Å². The lowest BCUT2D eigenvalue weighted by molar-refractivity contribution is -0.131. The molecule has 0 aromatic heterocycles. The number of likely N-dealkylation sites (tertiary alicyclic amines) is 1. The SMILES string of the molecule is COC[C@@H]1CC2(CN1C(=O)CNC(=O)OCC1CC1)SCCCS2. The molecule has 3 fully saturated rings. The Hall–Kier alpha value is -0.600. The smallest absolute Gasteiger partial charge is 0.407 e. The topological polar surface area (TPSA) is 67.9 Å². The summed E-state index contributed by atoms with van der Waals surface area (Å²) in [7, 11) is 1.67. The molecule has 8 heteroatoms. The molecular formula is C16H26N2O4S2. The standard InChI is InChI=1S/C16H26N2O4S2/c1-21-10-13-7-16(23-5-2-6-24-16)11-18(13)14(19)8-17-15(20)22-9-12-3-4-12/h12-13H,2-11H2,1H3,(H,17,20)/t13-/m0/s1. The first-order chi connectivity index (χ1) is 11.6. The lowest BCUT2D eigenvalue weighted by Gasteiger charge is -2.31. The number of methoxy groups -OCH3 is 1. The lowest BCUT2D eigenvalue weighted by Crippen LogP contribution is -2.45. The molecule has 2 saturated heterocycles. The number of ether oxygens (including phenoxy) is 2. The summed E-state index contributed by atoms with van der Waals surface area (Å²) >= 11 is 3.94. The Labute approximate surface area is 151 Å². The molecule has 0 aromatic rings. The van der Waals surface area contributed by atoms with E-state index >= 15 is 0 Å². The summed E-state index contributed by atoms with van der Waals surface area (Å²) in [6, 6.07) is 0.0879. The fourth-order valence-electron chi connectivity index (χ4n) is 3.16. The minimum Gasteiger partial charge on any atom is -0.449 e. The minimum atomic E-state index is -0.492.